The summed E-state index contributed by atoms with van der Waals surface area (Å²) in [5.74, 6) is 0.0689. The largest absolute Gasteiger partial charge is 0.294 e. The van der Waals surface area contributed by atoms with Crippen molar-refractivity contribution in [3.05, 3.63) is 34.6 Å². The second-order valence-electron chi connectivity index (χ2n) is 4.11. The molecule has 0 fully saturated rings. The predicted octanol–water partition coefficient (Wildman–Crippen LogP) is 2.76. The van der Waals surface area contributed by atoms with Crippen LogP contribution in [0.25, 0.3) is 11.0 Å². The minimum absolute atomic E-state index is 0.0689. The molecule has 0 bridgehead atoms. The topological polar surface area (TPSA) is 42.9 Å². The highest BCUT2D eigenvalue weighted by Gasteiger charge is 2.08. The summed E-state index contributed by atoms with van der Waals surface area (Å²) in [4.78, 5) is 20.3. The zero-order valence-corrected chi connectivity index (χ0v) is 9.96. The Labute approximate surface area is 94.5 Å². The number of aromatic nitrogens is 2. The van der Waals surface area contributed by atoms with E-state index >= 15 is 0 Å². The van der Waals surface area contributed by atoms with Gasteiger partial charge >= 0.3 is 0 Å². The summed E-state index contributed by atoms with van der Waals surface area (Å²) in [5, 5.41) is 0. The first-order chi connectivity index (χ1) is 7.49. The molecule has 16 heavy (non-hydrogen) atoms. The number of Topliss-reactive ketones (excluding diaryl/α,β-unsaturated/α-hetero) is 1. The average molecular weight is 214 g/mol. The van der Waals surface area contributed by atoms with Gasteiger partial charge in [-0.25, -0.2) is 9.97 Å². The second-order valence-corrected chi connectivity index (χ2v) is 4.11. The molecule has 2 aromatic rings. The standard InChI is InChI=1S/C13H14N2O/c1-7-5-12-13(6-11(7)10(4)16)15-9(3)8(2)14-12/h5-6H,1-4H3. The fraction of sp³-hybridized carbons (Fsp3) is 0.308. The van der Waals surface area contributed by atoms with Crippen molar-refractivity contribution in [2.24, 2.45) is 0 Å². The van der Waals surface area contributed by atoms with Crippen LogP contribution in [0.3, 0.4) is 0 Å². The van der Waals surface area contributed by atoms with E-state index in [1.54, 1.807) is 6.92 Å². The summed E-state index contributed by atoms with van der Waals surface area (Å²) in [6.07, 6.45) is 0. The maximum Gasteiger partial charge on any atom is 0.160 e. The third kappa shape index (κ3) is 1.69. The summed E-state index contributed by atoms with van der Waals surface area (Å²) in [7, 11) is 0. The SMILES string of the molecule is CC(=O)c1cc2nc(C)c(C)nc2cc1C. The Balaban J connectivity index is 2.79. The van der Waals surface area contributed by atoms with Gasteiger partial charge in [0.05, 0.1) is 22.4 Å². The Kier molecular flexibility index (Phi) is 2.46. The van der Waals surface area contributed by atoms with Crippen molar-refractivity contribution < 1.29 is 4.79 Å². The quantitative estimate of drug-likeness (QED) is 0.685. The van der Waals surface area contributed by atoms with Gasteiger partial charge in [0, 0.05) is 5.56 Å². The molecule has 0 radical (unpaired) electrons. The van der Waals surface area contributed by atoms with Crippen molar-refractivity contribution in [3.8, 4) is 0 Å². The van der Waals surface area contributed by atoms with Crippen LogP contribution in [0.1, 0.15) is 34.2 Å². The monoisotopic (exact) mass is 214 g/mol. The van der Waals surface area contributed by atoms with Crippen molar-refractivity contribution in [3.63, 3.8) is 0 Å². The molecule has 0 amide bonds. The molecular formula is C13H14N2O. The minimum Gasteiger partial charge on any atom is -0.294 e. The second kappa shape index (κ2) is 3.67. The van der Waals surface area contributed by atoms with Crippen LogP contribution < -0.4 is 0 Å². The molecular weight excluding hydrogens is 200 g/mol. The highest BCUT2D eigenvalue weighted by atomic mass is 16.1. The van der Waals surface area contributed by atoms with E-state index in [2.05, 4.69) is 9.97 Å². The van der Waals surface area contributed by atoms with Gasteiger partial charge in [-0.3, -0.25) is 4.79 Å². The van der Waals surface area contributed by atoms with Crippen LogP contribution in [0, 0.1) is 20.8 Å². The molecule has 0 saturated carbocycles. The average Bonchev–Trinajstić information content (AvgIpc) is 2.19. The Morgan fingerprint density at radius 2 is 1.50 bits per heavy atom. The molecule has 0 saturated heterocycles. The van der Waals surface area contributed by atoms with Crippen LogP contribution in [0.15, 0.2) is 12.1 Å². The lowest BCUT2D eigenvalue weighted by molar-refractivity contribution is 0.101. The number of hydrogen-bond donors (Lipinski definition) is 0. The lowest BCUT2D eigenvalue weighted by Crippen LogP contribution is -1.99. The minimum atomic E-state index is 0.0689. The molecule has 82 valence electrons. The van der Waals surface area contributed by atoms with E-state index in [0.29, 0.717) is 0 Å². The molecule has 0 atom stereocenters. The first-order valence-corrected chi connectivity index (χ1v) is 5.25. The van der Waals surface area contributed by atoms with Crippen molar-refractivity contribution in [1.82, 2.24) is 9.97 Å². The third-order valence-corrected chi connectivity index (χ3v) is 2.80. The fourth-order valence-corrected chi connectivity index (χ4v) is 1.76. The molecule has 2 rings (SSSR count). The van der Waals surface area contributed by atoms with Gasteiger partial charge in [-0.05, 0) is 45.4 Å². The predicted molar refractivity (Wildman–Crippen MR) is 63.8 cm³/mol. The van der Waals surface area contributed by atoms with E-state index in [-0.39, 0.29) is 5.78 Å². The maximum atomic E-state index is 11.4. The number of carbonyl (C=O) groups excluding carboxylic acids is 1. The van der Waals surface area contributed by atoms with Crippen LogP contribution in [-0.4, -0.2) is 15.8 Å². The van der Waals surface area contributed by atoms with E-state index in [1.165, 1.54) is 0 Å². The van der Waals surface area contributed by atoms with Crippen molar-refractivity contribution in [2.45, 2.75) is 27.7 Å². The normalized spacial score (nSPS) is 10.8. The Bertz CT molecular complexity index is 588. The number of carbonyl (C=O) groups is 1. The van der Waals surface area contributed by atoms with Crippen LogP contribution in [0.2, 0.25) is 0 Å². The number of ketones is 1. The van der Waals surface area contributed by atoms with Gasteiger partial charge in [-0.15, -0.1) is 0 Å². The highest BCUT2D eigenvalue weighted by molar-refractivity contribution is 5.98. The zero-order chi connectivity index (χ0) is 11.9. The third-order valence-electron chi connectivity index (χ3n) is 2.80. The van der Waals surface area contributed by atoms with E-state index in [1.807, 2.05) is 32.9 Å². The molecule has 1 aromatic carbocycles. The smallest absolute Gasteiger partial charge is 0.160 e. The van der Waals surface area contributed by atoms with Crippen LogP contribution in [0.5, 0.6) is 0 Å². The molecule has 0 aliphatic heterocycles. The van der Waals surface area contributed by atoms with E-state index < -0.39 is 0 Å². The van der Waals surface area contributed by atoms with E-state index in [0.717, 1.165) is 33.5 Å². The lowest BCUT2D eigenvalue weighted by Gasteiger charge is -2.06. The summed E-state index contributed by atoms with van der Waals surface area (Å²) in [6.45, 7) is 7.36. The molecule has 0 aliphatic carbocycles. The molecule has 1 aromatic heterocycles. The summed E-state index contributed by atoms with van der Waals surface area (Å²) >= 11 is 0. The Morgan fingerprint density at radius 1 is 1.00 bits per heavy atom. The molecule has 0 aliphatic rings. The molecule has 0 spiro atoms. The summed E-state index contributed by atoms with van der Waals surface area (Å²) in [6, 6.07) is 3.75. The maximum absolute atomic E-state index is 11.4. The molecule has 1 heterocycles. The van der Waals surface area contributed by atoms with Crippen LogP contribution >= 0.6 is 0 Å². The zero-order valence-electron chi connectivity index (χ0n) is 9.96. The number of hydrogen-bond acceptors (Lipinski definition) is 3. The Hall–Kier alpha value is -1.77. The molecule has 3 heteroatoms. The van der Waals surface area contributed by atoms with E-state index in [9.17, 15) is 4.79 Å². The Morgan fingerprint density at radius 3 is 2.00 bits per heavy atom. The van der Waals surface area contributed by atoms with Crippen molar-refractivity contribution in [2.75, 3.05) is 0 Å². The van der Waals surface area contributed by atoms with Crippen molar-refractivity contribution in [1.29, 1.82) is 0 Å². The van der Waals surface area contributed by atoms with E-state index in [4.69, 9.17) is 0 Å². The molecule has 3 nitrogen and oxygen atoms in total. The van der Waals surface area contributed by atoms with Crippen LogP contribution in [0.4, 0.5) is 0 Å². The van der Waals surface area contributed by atoms with Gasteiger partial charge in [0.25, 0.3) is 0 Å². The molecule has 0 unspecified atom stereocenters. The summed E-state index contributed by atoms with van der Waals surface area (Å²) < 4.78 is 0. The highest BCUT2D eigenvalue weighted by Crippen LogP contribution is 2.18. The first kappa shape index (κ1) is 10.7. The van der Waals surface area contributed by atoms with Gasteiger partial charge in [-0.1, -0.05) is 0 Å². The van der Waals surface area contributed by atoms with Gasteiger partial charge in [0.1, 0.15) is 0 Å². The van der Waals surface area contributed by atoms with Crippen LogP contribution in [-0.2, 0) is 0 Å². The van der Waals surface area contributed by atoms with Gasteiger partial charge in [0.2, 0.25) is 0 Å². The molecule has 0 N–H and O–H groups in total. The number of benzene rings is 1. The lowest BCUT2D eigenvalue weighted by atomic mass is 10.0. The fourth-order valence-electron chi connectivity index (χ4n) is 1.76. The van der Waals surface area contributed by atoms with Crippen molar-refractivity contribution >= 4 is 16.8 Å². The summed E-state index contributed by atoms with van der Waals surface area (Å²) in [5.41, 5.74) is 5.17. The van der Waals surface area contributed by atoms with Gasteiger partial charge in [0.15, 0.2) is 5.78 Å². The number of nitrogens with zero attached hydrogens (tertiary/aromatic N) is 2. The van der Waals surface area contributed by atoms with Gasteiger partial charge in [-0.2, -0.15) is 0 Å². The number of fused-ring (bicyclic) bond motifs is 1. The van der Waals surface area contributed by atoms with Gasteiger partial charge < -0.3 is 0 Å². The first-order valence-electron chi connectivity index (χ1n) is 5.25. The number of rotatable bonds is 1. The number of aryl methyl sites for hydroxylation is 3.